The summed E-state index contributed by atoms with van der Waals surface area (Å²) in [5.74, 6) is 0.718. The van der Waals surface area contributed by atoms with Gasteiger partial charge in [-0.25, -0.2) is 0 Å². The third-order valence-electron chi connectivity index (χ3n) is 4.34. The van der Waals surface area contributed by atoms with Crippen LogP contribution in [0.15, 0.2) is 65.5 Å². The predicted molar refractivity (Wildman–Crippen MR) is 95.7 cm³/mol. The number of aromatic nitrogens is 1. The van der Waals surface area contributed by atoms with Crippen LogP contribution in [0, 0.1) is 0 Å². The largest absolute Gasteiger partial charge is 0.485 e. The molecule has 1 aliphatic rings. The van der Waals surface area contributed by atoms with E-state index < -0.39 is 0 Å². The Morgan fingerprint density at radius 1 is 1.08 bits per heavy atom. The molecule has 0 radical (unpaired) electrons. The van der Waals surface area contributed by atoms with Gasteiger partial charge in [-0.1, -0.05) is 41.9 Å². The highest BCUT2D eigenvalue weighted by Crippen LogP contribution is 2.42. The van der Waals surface area contributed by atoms with E-state index in [0.29, 0.717) is 11.6 Å². The van der Waals surface area contributed by atoms with Crippen LogP contribution in [0.4, 0.5) is 0 Å². The lowest BCUT2D eigenvalue weighted by atomic mass is 9.97. The van der Waals surface area contributed by atoms with Crippen LogP contribution < -0.4 is 10.3 Å². The van der Waals surface area contributed by atoms with Crippen LogP contribution in [0.25, 0.3) is 11.3 Å². The Balaban J connectivity index is 1.95. The van der Waals surface area contributed by atoms with Gasteiger partial charge in [-0.05, 0) is 36.8 Å². The van der Waals surface area contributed by atoms with Crippen LogP contribution in [-0.4, -0.2) is 4.57 Å². The van der Waals surface area contributed by atoms with E-state index in [9.17, 15) is 4.79 Å². The number of rotatable bonds is 2. The van der Waals surface area contributed by atoms with Crippen molar-refractivity contribution in [3.63, 3.8) is 0 Å². The molecule has 0 saturated heterocycles. The van der Waals surface area contributed by atoms with Crippen molar-refractivity contribution in [1.82, 2.24) is 4.57 Å². The van der Waals surface area contributed by atoms with Gasteiger partial charge in [0, 0.05) is 22.2 Å². The highest BCUT2D eigenvalue weighted by Gasteiger charge is 2.26. The number of halogens is 1. The summed E-state index contributed by atoms with van der Waals surface area (Å²) in [4.78, 5) is 12.6. The molecule has 0 fully saturated rings. The molecule has 0 N–H and O–H groups in total. The quantitative estimate of drug-likeness (QED) is 0.680. The Morgan fingerprint density at radius 2 is 1.88 bits per heavy atom. The molecule has 2 heterocycles. The van der Waals surface area contributed by atoms with Gasteiger partial charge in [-0.2, -0.15) is 0 Å². The van der Waals surface area contributed by atoms with Gasteiger partial charge >= 0.3 is 0 Å². The summed E-state index contributed by atoms with van der Waals surface area (Å²) in [7, 11) is 0. The maximum Gasteiger partial charge on any atom is 0.251 e. The number of ether oxygens (including phenoxy) is 1. The van der Waals surface area contributed by atoms with Crippen LogP contribution >= 0.6 is 11.6 Å². The molecule has 0 amide bonds. The van der Waals surface area contributed by atoms with Crippen molar-refractivity contribution in [2.45, 2.75) is 19.6 Å². The number of benzene rings is 2. The molecule has 0 spiro atoms. The lowest BCUT2D eigenvalue weighted by Gasteiger charge is -2.28. The Bertz CT molecular complexity index is 963. The van der Waals surface area contributed by atoms with E-state index in [1.807, 2.05) is 60.0 Å². The maximum atomic E-state index is 12.6. The fraction of sp³-hybridized carbons (Fsp3) is 0.150. The highest BCUT2D eigenvalue weighted by atomic mass is 35.5. The lowest BCUT2D eigenvalue weighted by molar-refractivity contribution is 0.221. The van der Waals surface area contributed by atoms with Crippen molar-refractivity contribution in [2.75, 3.05) is 0 Å². The van der Waals surface area contributed by atoms with E-state index in [0.717, 1.165) is 28.1 Å². The van der Waals surface area contributed by atoms with E-state index in [-0.39, 0.29) is 11.7 Å². The third kappa shape index (κ3) is 2.51. The summed E-state index contributed by atoms with van der Waals surface area (Å²) in [5, 5.41) is 0.622. The Morgan fingerprint density at radius 3 is 2.67 bits per heavy atom. The number of hydrogen-bond acceptors (Lipinski definition) is 2. The van der Waals surface area contributed by atoms with Crippen molar-refractivity contribution in [3.8, 4) is 17.0 Å². The fourth-order valence-electron chi connectivity index (χ4n) is 3.19. The molecule has 0 saturated carbocycles. The molecule has 3 nitrogen and oxygen atoms in total. The van der Waals surface area contributed by atoms with Crippen LogP contribution in [0.1, 0.15) is 24.2 Å². The minimum atomic E-state index is -0.131. The topological polar surface area (TPSA) is 31.2 Å². The first-order valence-corrected chi connectivity index (χ1v) is 8.25. The predicted octanol–water partition coefficient (Wildman–Crippen LogP) is 4.67. The lowest BCUT2D eigenvalue weighted by Crippen LogP contribution is -2.26. The van der Waals surface area contributed by atoms with Gasteiger partial charge in [-0.3, -0.25) is 4.79 Å². The van der Waals surface area contributed by atoms with Crippen molar-refractivity contribution in [2.24, 2.45) is 0 Å². The zero-order valence-electron chi connectivity index (χ0n) is 13.2. The standard InChI is InChI=1S/C20H16ClNO2/c1-13-16-9-10-19(23)22(12-14-5-3-2-4-6-14)20(16)17-8-7-15(21)11-18(17)24-13/h2-11,13H,12H2,1H3. The summed E-state index contributed by atoms with van der Waals surface area (Å²) in [6.45, 7) is 2.51. The smallest absolute Gasteiger partial charge is 0.251 e. The first-order valence-electron chi connectivity index (χ1n) is 7.88. The molecule has 1 atom stereocenters. The van der Waals surface area contributed by atoms with E-state index in [1.165, 1.54) is 0 Å². The molecular formula is C20H16ClNO2. The zero-order valence-corrected chi connectivity index (χ0v) is 14.0. The Labute approximate surface area is 145 Å². The van der Waals surface area contributed by atoms with Gasteiger partial charge < -0.3 is 9.30 Å². The van der Waals surface area contributed by atoms with Crippen LogP contribution in [0.2, 0.25) is 5.02 Å². The number of hydrogen-bond donors (Lipinski definition) is 0. The van der Waals surface area contributed by atoms with Crippen molar-refractivity contribution < 1.29 is 4.74 Å². The molecule has 120 valence electrons. The van der Waals surface area contributed by atoms with E-state index in [2.05, 4.69) is 0 Å². The van der Waals surface area contributed by atoms with Gasteiger partial charge in [0.05, 0.1) is 12.2 Å². The normalized spacial score (nSPS) is 15.3. The van der Waals surface area contributed by atoms with Gasteiger partial charge in [0.25, 0.3) is 5.56 Å². The maximum absolute atomic E-state index is 12.6. The van der Waals surface area contributed by atoms with Gasteiger partial charge in [0.15, 0.2) is 0 Å². The van der Waals surface area contributed by atoms with Crippen molar-refractivity contribution in [1.29, 1.82) is 0 Å². The van der Waals surface area contributed by atoms with Gasteiger partial charge in [-0.15, -0.1) is 0 Å². The number of nitrogens with zero attached hydrogens (tertiary/aromatic N) is 1. The van der Waals surface area contributed by atoms with Crippen LogP contribution in [0.3, 0.4) is 0 Å². The number of fused-ring (bicyclic) bond motifs is 3. The Hall–Kier alpha value is -2.52. The molecule has 0 bridgehead atoms. The van der Waals surface area contributed by atoms with Gasteiger partial charge in [0.1, 0.15) is 11.9 Å². The summed E-state index contributed by atoms with van der Waals surface area (Å²) in [6, 6.07) is 19.0. The molecule has 1 unspecified atom stereocenters. The monoisotopic (exact) mass is 337 g/mol. The average molecular weight is 338 g/mol. The fourth-order valence-corrected chi connectivity index (χ4v) is 3.35. The van der Waals surface area contributed by atoms with E-state index in [1.54, 1.807) is 12.1 Å². The molecule has 3 aromatic rings. The molecule has 0 aliphatic carbocycles. The van der Waals surface area contributed by atoms with Crippen LogP contribution in [-0.2, 0) is 6.54 Å². The molecule has 24 heavy (non-hydrogen) atoms. The molecular weight excluding hydrogens is 322 g/mol. The summed E-state index contributed by atoms with van der Waals surface area (Å²) < 4.78 is 7.80. The summed E-state index contributed by atoms with van der Waals surface area (Å²) in [5.41, 5.74) is 3.90. The van der Waals surface area contributed by atoms with Crippen molar-refractivity contribution in [3.05, 3.63) is 87.2 Å². The summed E-state index contributed by atoms with van der Waals surface area (Å²) >= 11 is 6.10. The molecule has 1 aromatic heterocycles. The molecule has 4 rings (SSSR count). The minimum absolute atomic E-state index is 0.0207. The second kappa shape index (κ2) is 5.84. The second-order valence-electron chi connectivity index (χ2n) is 5.95. The zero-order chi connectivity index (χ0) is 16.7. The van der Waals surface area contributed by atoms with E-state index in [4.69, 9.17) is 16.3 Å². The van der Waals surface area contributed by atoms with Gasteiger partial charge in [0.2, 0.25) is 0 Å². The minimum Gasteiger partial charge on any atom is -0.485 e. The van der Waals surface area contributed by atoms with Crippen LogP contribution in [0.5, 0.6) is 5.75 Å². The molecule has 2 aromatic carbocycles. The first-order chi connectivity index (χ1) is 11.6. The highest BCUT2D eigenvalue weighted by molar-refractivity contribution is 6.30. The molecule has 1 aliphatic heterocycles. The van der Waals surface area contributed by atoms with Crippen molar-refractivity contribution >= 4 is 11.6 Å². The van der Waals surface area contributed by atoms with E-state index >= 15 is 0 Å². The molecule has 4 heteroatoms. The summed E-state index contributed by atoms with van der Waals surface area (Å²) in [6.07, 6.45) is -0.131. The average Bonchev–Trinajstić information content (AvgIpc) is 2.58. The first kappa shape index (κ1) is 15.0. The Kier molecular flexibility index (Phi) is 3.66. The SMILES string of the molecule is CC1Oc2cc(Cl)ccc2-c2c1ccc(=O)n2Cc1ccccc1. The third-order valence-corrected chi connectivity index (χ3v) is 4.57. The number of pyridine rings is 1. The second-order valence-corrected chi connectivity index (χ2v) is 6.38.